The minimum absolute atomic E-state index is 0.399. The van der Waals surface area contributed by atoms with Crippen molar-refractivity contribution in [3.05, 3.63) is 22.9 Å². The highest BCUT2D eigenvalue weighted by atomic mass is 19.4. The van der Waals surface area contributed by atoms with Crippen LogP contribution in [-0.4, -0.2) is 31.3 Å². The van der Waals surface area contributed by atoms with Crippen LogP contribution in [0.5, 0.6) is 0 Å². The van der Waals surface area contributed by atoms with Crippen LogP contribution in [0.2, 0.25) is 0 Å². The van der Waals surface area contributed by atoms with Crippen LogP contribution in [0, 0.1) is 13.8 Å². The summed E-state index contributed by atoms with van der Waals surface area (Å²) in [4.78, 5) is 5.42. The van der Waals surface area contributed by atoms with Gasteiger partial charge in [0, 0.05) is 24.8 Å². The zero-order chi connectivity index (χ0) is 14.6. The fourth-order valence-electron chi connectivity index (χ4n) is 1.97. The van der Waals surface area contributed by atoms with E-state index in [9.17, 15) is 13.2 Å². The van der Waals surface area contributed by atoms with Gasteiger partial charge in [-0.3, -0.25) is 0 Å². The van der Waals surface area contributed by atoms with Gasteiger partial charge in [-0.15, -0.1) is 0 Å². The van der Waals surface area contributed by atoms with Crippen LogP contribution in [-0.2, 0) is 6.54 Å². The molecule has 0 unspecified atom stereocenters. The monoisotopic (exact) mass is 275 g/mol. The fourth-order valence-corrected chi connectivity index (χ4v) is 1.97. The van der Waals surface area contributed by atoms with E-state index in [2.05, 4.69) is 10.3 Å². The third-order valence-electron chi connectivity index (χ3n) is 2.78. The summed E-state index contributed by atoms with van der Waals surface area (Å²) in [7, 11) is 1.42. The molecule has 19 heavy (non-hydrogen) atoms. The number of halogens is 3. The second-order valence-electron chi connectivity index (χ2n) is 4.63. The maximum Gasteiger partial charge on any atom is 0.405 e. The molecule has 1 aromatic rings. The summed E-state index contributed by atoms with van der Waals surface area (Å²) in [6.07, 6.45) is -4.23. The quantitative estimate of drug-likeness (QED) is 0.895. The van der Waals surface area contributed by atoms with Crippen molar-refractivity contribution in [3.8, 4) is 0 Å². The standard InChI is InChI=1S/C13H20F3N3/c1-5-17-7-11-9(2)6-10(3)18-12(11)19(4)8-13(14,15)16/h6,17H,5,7-8H2,1-4H3. The number of hydrogen-bond donors (Lipinski definition) is 1. The van der Waals surface area contributed by atoms with Gasteiger partial charge < -0.3 is 10.2 Å². The molecule has 0 saturated heterocycles. The molecular formula is C13H20F3N3. The van der Waals surface area contributed by atoms with Crippen molar-refractivity contribution in [2.24, 2.45) is 0 Å². The van der Waals surface area contributed by atoms with Gasteiger partial charge >= 0.3 is 6.18 Å². The maximum absolute atomic E-state index is 12.5. The molecule has 3 nitrogen and oxygen atoms in total. The molecule has 0 radical (unpaired) electrons. The van der Waals surface area contributed by atoms with E-state index in [0.717, 1.165) is 28.3 Å². The zero-order valence-corrected chi connectivity index (χ0v) is 11.7. The Morgan fingerprint density at radius 1 is 1.32 bits per heavy atom. The highest BCUT2D eigenvalue weighted by Crippen LogP contribution is 2.25. The van der Waals surface area contributed by atoms with Gasteiger partial charge in [0.05, 0.1) is 0 Å². The number of rotatable bonds is 5. The average molecular weight is 275 g/mol. The van der Waals surface area contributed by atoms with E-state index >= 15 is 0 Å². The molecule has 0 aliphatic rings. The highest BCUT2D eigenvalue weighted by Gasteiger charge is 2.30. The van der Waals surface area contributed by atoms with Crippen LogP contribution in [0.1, 0.15) is 23.7 Å². The van der Waals surface area contributed by atoms with Gasteiger partial charge in [-0.1, -0.05) is 6.92 Å². The average Bonchev–Trinajstić information content (AvgIpc) is 2.24. The molecular weight excluding hydrogens is 255 g/mol. The summed E-state index contributed by atoms with van der Waals surface area (Å²) >= 11 is 0. The number of anilines is 1. The first-order valence-electron chi connectivity index (χ1n) is 6.20. The van der Waals surface area contributed by atoms with E-state index in [4.69, 9.17) is 0 Å². The lowest BCUT2D eigenvalue weighted by Gasteiger charge is -2.24. The summed E-state index contributed by atoms with van der Waals surface area (Å²) in [6, 6.07) is 1.89. The second-order valence-corrected chi connectivity index (χ2v) is 4.63. The Bertz CT molecular complexity index is 430. The predicted octanol–water partition coefficient (Wildman–Crippen LogP) is 2.81. The molecule has 1 heterocycles. The van der Waals surface area contributed by atoms with E-state index in [-0.39, 0.29) is 0 Å². The molecule has 6 heteroatoms. The summed E-state index contributed by atoms with van der Waals surface area (Å²) < 4.78 is 37.5. The number of aromatic nitrogens is 1. The van der Waals surface area contributed by atoms with E-state index < -0.39 is 12.7 Å². The van der Waals surface area contributed by atoms with Crippen LogP contribution in [0.25, 0.3) is 0 Å². The Kier molecular flexibility index (Phi) is 5.17. The molecule has 0 aliphatic heterocycles. The van der Waals surface area contributed by atoms with Gasteiger partial charge in [0.2, 0.25) is 0 Å². The Balaban J connectivity index is 3.09. The molecule has 1 aromatic heterocycles. The lowest BCUT2D eigenvalue weighted by atomic mass is 10.1. The van der Waals surface area contributed by atoms with Crippen molar-refractivity contribution >= 4 is 5.82 Å². The number of nitrogens with one attached hydrogen (secondary N) is 1. The summed E-state index contributed by atoms with van der Waals surface area (Å²) in [5, 5.41) is 3.14. The van der Waals surface area contributed by atoms with Crippen molar-refractivity contribution in [2.75, 3.05) is 25.0 Å². The van der Waals surface area contributed by atoms with Gasteiger partial charge in [0.25, 0.3) is 0 Å². The lowest BCUT2D eigenvalue weighted by molar-refractivity contribution is -0.119. The Hall–Kier alpha value is -1.30. The summed E-state index contributed by atoms with van der Waals surface area (Å²) in [5.74, 6) is 0.399. The number of nitrogens with zero attached hydrogens (tertiary/aromatic N) is 2. The first-order chi connectivity index (χ1) is 8.74. The van der Waals surface area contributed by atoms with Crippen LogP contribution < -0.4 is 10.2 Å². The molecule has 0 aliphatic carbocycles. The number of hydrogen-bond acceptors (Lipinski definition) is 3. The number of aryl methyl sites for hydroxylation is 2. The molecule has 0 saturated carbocycles. The lowest BCUT2D eigenvalue weighted by Crippen LogP contribution is -2.33. The van der Waals surface area contributed by atoms with Gasteiger partial charge in [-0.2, -0.15) is 13.2 Å². The highest BCUT2D eigenvalue weighted by molar-refractivity contribution is 5.51. The summed E-state index contributed by atoms with van der Waals surface area (Å²) in [5.41, 5.74) is 2.50. The molecule has 1 N–H and O–H groups in total. The maximum atomic E-state index is 12.5. The van der Waals surface area contributed by atoms with Crippen LogP contribution in [0.3, 0.4) is 0 Å². The predicted molar refractivity (Wildman–Crippen MR) is 70.4 cm³/mol. The fraction of sp³-hybridized carbons (Fsp3) is 0.615. The van der Waals surface area contributed by atoms with Crippen molar-refractivity contribution < 1.29 is 13.2 Å². The van der Waals surface area contributed by atoms with Crippen LogP contribution in [0.15, 0.2) is 6.07 Å². The zero-order valence-electron chi connectivity index (χ0n) is 11.7. The van der Waals surface area contributed by atoms with Crippen molar-refractivity contribution in [3.63, 3.8) is 0 Å². The summed E-state index contributed by atoms with van der Waals surface area (Å²) in [6.45, 7) is 5.92. The normalized spacial score (nSPS) is 11.7. The number of pyridine rings is 1. The minimum atomic E-state index is -4.23. The number of alkyl halides is 3. The van der Waals surface area contributed by atoms with Gasteiger partial charge in [0.1, 0.15) is 12.4 Å². The molecule has 0 aromatic carbocycles. The SMILES string of the molecule is CCNCc1c(C)cc(C)nc1N(C)CC(F)(F)F. The van der Waals surface area contributed by atoms with Crippen molar-refractivity contribution in [1.29, 1.82) is 0 Å². The van der Waals surface area contributed by atoms with E-state index in [1.54, 1.807) is 6.92 Å². The van der Waals surface area contributed by atoms with Crippen molar-refractivity contribution in [2.45, 2.75) is 33.5 Å². The van der Waals surface area contributed by atoms with Crippen molar-refractivity contribution in [1.82, 2.24) is 10.3 Å². The van der Waals surface area contributed by atoms with Gasteiger partial charge in [-0.05, 0) is 32.0 Å². The minimum Gasteiger partial charge on any atom is -0.350 e. The smallest absolute Gasteiger partial charge is 0.350 e. The largest absolute Gasteiger partial charge is 0.405 e. The third kappa shape index (κ3) is 4.70. The second kappa shape index (κ2) is 6.23. The van der Waals surface area contributed by atoms with E-state index in [1.807, 2.05) is 19.9 Å². The Morgan fingerprint density at radius 3 is 2.47 bits per heavy atom. The van der Waals surface area contributed by atoms with Gasteiger partial charge in [0.15, 0.2) is 0 Å². The van der Waals surface area contributed by atoms with Crippen LogP contribution >= 0.6 is 0 Å². The van der Waals surface area contributed by atoms with E-state index in [1.165, 1.54) is 7.05 Å². The molecule has 0 bridgehead atoms. The third-order valence-corrected chi connectivity index (χ3v) is 2.78. The first kappa shape index (κ1) is 15.8. The van der Waals surface area contributed by atoms with Gasteiger partial charge in [-0.25, -0.2) is 4.98 Å². The molecule has 0 spiro atoms. The first-order valence-corrected chi connectivity index (χ1v) is 6.20. The van der Waals surface area contributed by atoms with Crippen LogP contribution in [0.4, 0.5) is 19.0 Å². The van der Waals surface area contributed by atoms with E-state index in [0.29, 0.717) is 12.4 Å². The Morgan fingerprint density at radius 2 is 1.95 bits per heavy atom. The topological polar surface area (TPSA) is 28.2 Å². The molecule has 0 atom stereocenters. The molecule has 0 fully saturated rings. The Labute approximate surface area is 111 Å². The molecule has 108 valence electrons. The molecule has 1 rings (SSSR count). The molecule has 0 amide bonds.